The Bertz CT molecular complexity index is 966. The number of nitrogens with one attached hydrogen (secondary N) is 1. The summed E-state index contributed by atoms with van der Waals surface area (Å²) < 4.78 is 10.7. The van der Waals surface area contributed by atoms with Crippen LogP contribution in [0.3, 0.4) is 0 Å². The molecule has 2 aromatic carbocycles. The Morgan fingerprint density at radius 3 is 2.66 bits per heavy atom. The van der Waals surface area contributed by atoms with Gasteiger partial charge in [0.05, 0.1) is 13.0 Å². The highest BCUT2D eigenvalue weighted by Crippen LogP contribution is 2.28. The van der Waals surface area contributed by atoms with Crippen molar-refractivity contribution in [2.24, 2.45) is 0 Å². The molecule has 150 valence electrons. The molecule has 4 rings (SSSR count). The van der Waals surface area contributed by atoms with E-state index < -0.39 is 0 Å². The molecule has 7 heteroatoms. The molecule has 0 radical (unpaired) electrons. The third-order valence-corrected chi connectivity index (χ3v) is 5.15. The second-order valence-electron chi connectivity index (χ2n) is 7.27. The number of aromatic nitrogens is 2. The lowest BCUT2D eigenvalue weighted by atomic mass is 9.98. The smallest absolute Gasteiger partial charge is 0.321 e. The number of carbonyl (C=O) groups excluding carboxylic acids is 1. The first kappa shape index (κ1) is 19.0. The monoisotopic (exact) mass is 392 g/mol. The number of benzene rings is 2. The van der Waals surface area contributed by atoms with Gasteiger partial charge < -0.3 is 19.5 Å². The van der Waals surface area contributed by atoms with Crippen LogP contribution in [-0.2, 0) is 0 Å². The fourth-order valence-corrected chi connectivity index (χ4v) is 3.46. The Balaban J connectivity index is 1.42. The zero-order valence-corrected chi connectivity index (χ0v) is 16.6. The average molecular weight is 392 g/mol. The maximum absolute atomic E-state index is 12.7. The number of anilines is 1. The van der Waals surface area contributed by atoms with E-state index >= 15 is 0 Å². The van der Waals surface area contributed by atoms with Gasteiger partial charge in [-0.15, -0.1) is 0 Å². The molecule has 2 amide bonds. The van der Waals surface area contributed by atoms with Gasteiger partial charge >= 0.3 is 6.03 Å². The number of likely N-dealkylation sites (tertiary alicyclic amines) is 1. The van der Waals surface area contributed by atoms with E-state index in [1.165, 1.54) is 0 Å². The summed E-state index contributed by atoms with van der Waals surface area (Å²) in [4.78, 5) is 19.0. The number of ether oxygens (including phenoxy) is 1. The van der Waals surface area contributed by atoms with E-state index in [0.29, 0.717) is 24.8 Å². The fourth-order valence-electron chi connectivity index (χ4n) is 3.46. The number of amides is 2. The van der Waals surface area contributed by atoms with Crippen LogP contribution in [0.2, 0.25) is 0 Å². The molecule has 0 unspecified atom stereocenters. The number of hydrogen-bond acceptors (Lipinski definition) is 5. The Hall–Kier alpha value is -3.35. The normalized spacial score (nSPS) is 16.5. The molecule has 2 heterocycles. The molecule has 1 aliphatic heterocycles. The first-order valence-corrected chi connectivity index (χ1v) is 9.73. The van der Waals surface area contributed by atoms with Crippen LogP contribution < -0.4 is 10.1 Å². The number of hydrogen-bond donors (Lipinski definition) is 1. The summed E-state index contributed by atoms with van der Waals surface area (Å²) in [5, 5.41) is 7.08. The summed E-state index contributed by atoms with van der Waals surface area (Å²) in [6.07, 6.45) is 1.81. The highest BCUT2D eigenvalue weighted by Gasteiger charge is 2.28. The van der Waals surface area contributed by atoms with Crippen LogP contribution in [0.25, 0.3) is 11.4 Å². The topological polar surface area (TPSA) is 80.5 Å². The molecule has 29 heavy (non-hydrogen) atoms. The maximum atomic E-state index is 12.7. The van der Waals surface area contributed by atoms with Gasteiger partial charge in [-0.1, -0.05) is 22.9 Å². The molecule has 1 saturated heterocycles. The number of carbonyl (C=O) groups is 1. The number of urea groups is 1. The molecule has 1 N–H and O–H groups in total. The minimum absolute atomic E-state index is 0.0343. The van der Waals surface area contributed by atoms with Crippen molar-refractivity contribution in [3.05, 3.63) is 60.0 Å². The molecule has 7 nitrogen and oxygen atoms in total. The molecule has 3 aromatic rings. The van der Waals surface area contributed by atoms with E-state index in [1.807, 2.05) is 60.4 Å². The predicted molar refractivity (Wildman–Crippen MR) is 110 cm³/mol. The van der Waals surface area contributed by atoms with Crippen LogP contribution in [0, 0.1) is 6.92 Å². The zero-order chi connectivity index (χ0) is 20.2. The van der Waals surface area contributed by atoms with E-state index in [0.717, 1.165) is 35.4 Å². The minimum Gasteiger partial charge on any atom is -0.497 e. The summed E-state index contributed by atoms with van der Waals surface area (Å²) in [6.45, 7) is 3.29. The van der Waals surface area contributed by atoms with Crippen LogP contribution in [0.15, 0.2) is 53.1 Å². The van der Waals surface area contributed by atoms with Crippen molar-refractivity contribution in [3.8, 4) is 17.1 Å². The molecule has 1 aliphatic rings. The summed E-state index contributed by atoms with van der Waals surface area (Å²) in [5.74, 6) is 1.93. The maximum Gasteiger partial charge on any atom is 0.321 e. The van der Waals surface area contributed by atoms with Gasteiger partial charge in [-0.3, -0.25) is 0 Å². The summed E-state index contributed by atoms with van der Waals surface area (Å²) >= 11 is 0. The number of piperidine rings is 1. The van der Waals surface area contributed by atoms with Gasteiger partial charge in [-0.05, 0) is 56.2 Å². The number of rotatable bonds is 4. The molecule has 0 bridgehead atoms. The van der Waals surface area contributed by atoms with E-state index in [-0.39, 0.29) is 11.9 Å². The number of methoxy groups -OCH3 is 1. The van der Waals surface area contributed by atoms with Crippen LogP contribution in [0.1, 0.15) is 30.2 Å². The largest absolute Gasteiger partial charge is 0.497 e. The fraction of sp³-hybridized carbons (Fsp3) is 0.318. The lowest BCUT2D eigenvalue weighted by Gasteiger charge is -2.31. The average Bonchev–Trinajstić information content (AvgIpc) is 3.26. The highest BCUT2D eigenvalue weighted by atomic mass is 16.5. The van der Waals surface area contributed by atoms with E-state index in [4.69, 9.17) is 9.26 Å². The Morgan fingerprint density at radius 1 is 1.17 bits per heavy atom. The van der Waals surface area contributed by atoms with Crippen molar-refractivity contribution < 1.29 is 14.1 Å². The van der Waals surface area contributed by atoms with Crippen LogP contribution in [0.5, 0.6) is 5.75 Å². The van der Waals surface area contributed by atoms with Gasteiger partial charge in [0.25, 0.3) is 0 Å². The minimum atomic E-state index is -0.103. The Morgan fingerprint density at radius 2 is 1.93 bits per heavy atom. The van der Waals surface area contributed by atoms with Crippen molar-refractivity contribution >= 4 is 11.7 Å². The van der Waals surface area contributed by atoms with Crippen LogP contribution >= 0.6 is 0 Å². The third kappa shape index (κ3) is 4.39. The summed E-state index contributed by atoms with van der Waals surface area (Å²) in [6, 6.07) is 15.2. The molecule has 1 aromatic heterocycles. The first-order chi connectivity index (χ1) is 14.1. The lowest BCUT2D eigenvalue weighted by Crippen LogP contribution is -2.41. The predicted octanol–water partition coefficient (Wildman–Crippen LogP) is 4.47. The lowest BCUT2D eigenvalue weighted by molar-refractivity contribution is 0.184. The third-order valence-electron chi connectivity index (χ3n) is 5.15. The second-order valence-corrected chi connectivity index (χ2v) is 7.27. The van der Waals surface area contributed by atoms with Gasteiger partial charge in [-0.2, -0.15) is 4.98 Å². The van der Waals surface area contributed by atoms with E-state index in [9.17, 15) is 4.79 Å². The van der Waals surface area contributed by atoms with Gasteiger partial charge in [0.2, 0.25) is 11.7 Å². The van der Waals surface area contributed by atoms with Crippen molar-refractivity contribution in [1.29, 1.82) is 0 Å². The van der Waals surface area contributed by atoms with E-state index in [1.54, 1.807) is 7.11 Å². The van der Waals surface area contributed by atoms with Gasteiger partial charge in [0.1, 0.15) is 5.75 Å². The Labute approximate surface area is 169 Å². The van der Waals surface area contributed by atoms with Crippen molar-refractivity contribution in [2.75, 3.05) is 25.5 Å². The van der Waals surface area contributed by atoms with E-state index in [2.05, 4.69) is 15.5 Å². The molecule has 0 aliphatic carbocycles. The molecule has 1 atom stereocenters. The van der Waals surface area contributed by atoms with Gasteiger partial charge in [-0.25, -0.2) is 4.79 Å². The zero-order valence-electron chi connectivity index (χ0n) is 16.6. The quantitative estimate of drug-likeness (QED) is 0.709. The Kier molecular flexibility index (Phi) is 5.46. The molecule has 0 saturated carbocycles. The highest BCUT2D eigenvalue weighted by molar-refractivity contribution is 5.89. The second kappa shape index (κ2) is 8.34. The molecule has 0 spiro atoms. The number of aryl methyl sites for hydroxylation is 1. The van der Waals surface area contributed by atoms with Crippen LogP contribution in [0.4, 0.5) is 10.5 Å². The van der Waals surface area contributed by atoms with Crippen molar-refractivity contribution in [3.63, 3.8) is 0 Å². The van der Waals surface area contributed by atoms with Gasteiger partial charge in [0.15, 0.2) is 0 Å². The SMILES string of the molecule is COc1ccc(-c2noc([C@H]3CCCN(C(=O)Nc4ccc(C)cc4)C3)n2)cc1. The van der Waals surface area contributed by atoms with Crippen molar-refractivity contribution in [1.82, 2.24) is 15.0 Å². The standard InChI is InChI=1S/C22H24N4O3/c1-15-5-9-18(10-6-15)23-22(27)26-13-3-4-17(14-26)21-24-20(25-29-21)16-7-11-19(28-2)12-8-16/h5-12,17H,3-4,13-14H2,1-2H3,(H,23,27)/t17-/m0/s1. The van der Waals surface area contributed by atoms with Crippen molar-refractivity contribution in [2.45, 2.75) is 25.7 Å². The van der Waals surface area contributed by atoms with Crippen LogP contribution in [-0.4, -0.2) is 41.3 Å². The summed E-state index contributed by atoms with van der Waals surface area (Å²) in [5.41, 5.74) is 2.82. The molecular weight excluding hydrogens is 368 g/mol. The first-order valence-electron chi connectivity index (χ1n) is 9.73. The van der Waals surface area contributed by atoms with Gasteiger partial charge in [0, 0.05) is 24.3 Å². The summed E-state index contributed by atoms with van der Waals surface area (Å²) in [7, 11) is 1.63. The molecule has 1 fully saturated rings. The molecular formula is C22H24N4O3. The number of nitrogens with zero attached hydrogens (tertiary/aromatic N) is 3.